The van der Waals surface area contributed by atoms with Crippen LogP contribution in [0, 0.1) is 21.7 Å². The number of nitrogens with zero attached hydrogens (tertiary/aromatic N) is 2. The summed E-state index contributed by atoms with van der Waals surface area (Å²) in [4.78, 5) is 68.8. The lowest BCUT2D eigenvalue weighted by atomic mass is 9.92. The average molecular weight is 903 g/mol. The Morgan fingerprint density at radius 2 is 1.23 bits per heavy atom. The van der Waals surface area contributed by atoms with Gasteiger partial charge in [-0.05, 0) is 131 Å². The van der Waals surface area contributed by atoms with Crippen LogP contribution < -0.4 is 5.32 Å². The summed E-state index contributed by atoms with van der Waals surface area (Å²) < 4.78 is 32.5. The van der Waals surface area contributed by atoms with E-state index in [0.29, 0.717) is 10.7 Å². The Labute approximate surface area is 381 Å². The fraction of sp³-hybridized carbons (Fsp3) is 0.520. The Hall–Kier alpha value is -5.27. The minimum Gasteiger partial charge on any atom is -0.462 e. The molecule has 5 rings (SSSR count). The topological polar surface area (TPSA) is 161 Å². The first-order chi connectivity index (χ1) is 29.7. The predicted octanol–water partition coefficient (Wildman–Crippen LogP) is 9.12. The zero-order chi connectivity index (χ0) is 47.5. The maximum Gasteiger partial charge on any atom is 0.311 e. The molecule has 346 valence electrons. The Balaban J connectivity index is 1.61. The van der Waals surface area contributed by atoms with Crippen LogP contribution in [0.15, 0.2) is 66.7 Å². The molecule has 1 aliphatic heterocycles. The molecule has 1 aliphatic rings. The molecular weight excluding hydrogens is 838 g/mol. The zero-order valence-electron chi connectivity index (χ0n) is 39.4. The van der Waals surface area contributed by atoms with Gasteiger partial charge >= 0.3 is 23.9 Å². The van der Waals surface area contributed by atoms with E-state index < -0.39 is 88.7 Å². The number of aryl methyl sites for hydroxylation is 1. The molecule has 1 amide bonds. The maximum absolute atomic E-state index is 14.5. The Morgan fingerprint density at radius 3 is 1.78 bits per heavy atom. The van der Waals surface area contributed by atoms with Crippen molar-refractivity contribution in [1.82, 2.24) is 14.9 Å². The minimum absolute atomic E-state index is 0.106. The first-order valence-electron chi connectivity index (χ1n) is 21.8. The number of carbonyl (C=O) groups excluding carboxylic acids is 5. The highest BCUT2D eigenvalue weighted by Crippen LogP contribution is 2.38. The summed E-state index contributed by atoms with van der Waals surface area (Å²) in [5.41, 5.74) is 1.76. The summed E-state index contributed by atoms with van der Waals surface area (Å²) >= 11 is 6.58. The first kappa shape index (κ1) is 49.7. The molecule has 0 spiro atoms. The summed E-state index contributed by atoms with van der Waals surface area (Å²) in [6.07, 6.45) is -6.45. The Morgan fingerprint density at radius 1 is 0.688 bits per heavy atom. The van der Waals surface area contributed by atoms with Crippen LogP contribution in [0.5, 0.6) is 0 Å². The van der Waals surface area contributed by atoms with Crippen molar-refractivity contribution in [3.05, 3.63) is 83.0 Å². The van der Waals surface area contributed by atoms with Crippen molar-refractivity contribution in [2.24, 2.45) is 21.7 Å². The van der Waals surface area contributed by atoms with E-state index in [4.69, 9.17) is 40.4 Å². The van der Waals surface area contributed by atoms with Crippen molar-refractivity contribution < 1.29 is 47.7 Å². The molecule has 13 nitrogen and oxygen atoms in total. The molecule has 2 aromatic carbocycles. The van der Waals surface area contributed by atoms with Gasteiger partial charge < -0.3 is 29.0 Å². The summed E-state index contributed by atoms with van der Waals surface area (Å²) in [6.45, 7) is 21.5. The second-order valence-corrected chi connectivity index (χ2v) is 20.9. The van der Waals surface area contributed by atoms with Crippen LogP contribution in [0.1, 0.15) is 108 Å². The predicted molar refractivity (Wildman–Crippen MR) is 244 cm³/mol. The molecule has 4 aromatic rings. The van der Waals surface area contributed by atoms with Gasteiger partial charge in [-0.1, -0.05) is 61.0 Å². The number of carbonyl (C=O) groups is 5. The van der Waals surface area contributed by atoms with Crippen molar-refractivity contribution in [2.45, 2.75) is 140 Å². The van der Waals surface area contributed by atoms with E-state index in [9.17, 15) is 24.0 Å². The molecule has 0 saturated carbocycles. The fourth-order valence-electron chi connectivity index (χ4n) is 6.83. The number of ether oxygens (including phenoxy) is 5. The van der Waals surface area contributed by atoms with Gasteiger partial charge in [0.1, 0.15) is 12.7 Å². The molecular formula is C50H64ClN3O10. The number of amides is 1. The molecule has 14 heteroatoms. The third-order valence-corrected chi connectivity index (χ3v) is 10.8. The van der Waals surface area contributed by atoms with E-state index in [1.54, 1.807) is 89.2 Å². The van der Waals surface area contributed by atoms with Crippen LogP contribution in [-0.2, 0) is 60.5 Å². The lowest BCUT2D eigenvalue weighted by Gasteiger charge is -2.46. The first-order valence-corrected chi connectivity index (χ1v) is 22.2. The molecule has 0 radical (unpaired) electrons. The van der Waals surface area contributed by atoms with E-state index in [2.05, 4.69) is 12.2 Å². The number of benzene rings is 2. The average Bonchev–Trinajstić information content (AvgIpc) is 3.62. The molecule has 0 unspecified atom stereocenters. The van der Waals surface area contributed by atoms with Gasteiger partial charge in [0.05, 0.1) is 32.9 Å². The molecule has 1 fully saturated rings. The van der Waals surface area contributed by atoms with E-state index in [0.717, 1.165) is 39.9 Å². The monoisotopic (exact) mass is 901 g/mol. The maximum atomic E-state index is 14.5. The van der Waals surface area contributed by atoms with Crippen LogP contribution in [-0.4, -0.2) is 76.6 Å². The normalized spacial score (nSPS) is 19.4. The molecule has 2 aromatic heterocycles. The van der Waals surface area contributed by atoms with Gasteiger partial charge in [-0.25, -0.2) is 4.52 Å². The van der Waals surface area contributed by atoms with E-state index in [-0.39, 0.29) is 12.8 Å². The smallest absolute Gasteiger partial charge is 0.311 e. The number of fused-ring (bicyclic) bond motifs is 1. The molecule has 1 N–H and O–H groups in total. The standard InChI is InChI=1S/C50H64ClN3O10/c1-14-32-23-25-34-37(30-21-18-22-31(51)27-30)33(38(53-54(32)34)29-19-16-15-17-20-29)24-26-36(55)52-42-41(64-46(59)50(11,12)13)40(63-45(58)49(8,9)10)39(62-44(57)48(5,6)7)35(61-42)28-60-43(56)47(2,3)4/h15-23,25,27,35,39-42H,14,24,26,28H2,1-13H3,(H,52,55)/t35-,39-,40+,41-,42-/m1/s1. The lowest BCUT2D eigenvalue weighted by molar-refractivity contribution is -0.264. The second kappa shape index (κ2) is 19.5. The highest BCUT2D eigenvalue weighted by molar-refractivity contribution is 6.30. The van der Waals surface area contributed by atoms with Crippen LogP contribution in [0.2, 0.25) is 5.02 Å². The minimum atomic E-state index is -1.53. The summed E-state index contributed by atoms with van der Waals surface area (Å²) in [7, 11) is 0. The van der Waals surface area contributed by atoms with Gasteiger partial charge in [-0.3, -0.25) is 24.0 Å². The number of rotatable bonds is 12. The number of hydrogen-bond acceptors (Lipinski definition) is 11. The van der Waals surface area contributed by atoms with E-state index in [1.165, 1.54) is 0 Å². The number of hydrogen-bond donors (Lipinski definition) is 1. The number of nitrogens with one attached hydrogen (secondary N) is 1. The van der Waals surface area contributed by atoms with Crippen LogP contribution in [0.3, 0.4) is 0 Å². The van der Waals surface area contributed by atoms with Gasteiger partial charge in [0.2, 0.25) is 5.91 Å². The largest absolute Gasteiger partial charge is 0.462 e. The molecule has 3 heterocycles. The van der Waals surface area contributed by atoms with Gasteiger partial charge in [0.25, 0.3) is 0 Å². The van der Waals surface area contributed by atoms with Crippen molar-refractivity contribution >= 4 is 46.9 Å². The van der Waals surface area contributed by atoms with Crippen molar-refractivity contribution in [1.29, 1.82) is 0 Å². The number of esters is 4. The molecule has 5 atom stereocenters. The number of halogens is 1. The van der Waals surface area contributed by atoms with Gasteiger partial charge in [-0.15, -0.1) is 0 Å². The van der Waals surface area contributed by atoms with E-state index >= 15 is 0 Å². The quantitative estimate of drug-likeness (QED) is 0.107. The third-order valence-electron chi connectivity index (χ3n) is 10.6. The molecule has 64 heavy (non-hydrogen) atoms. The summed E-state index contributed by atoms with van der Waals surface area (Å²) in [5.74, 6) is -3.18. The van der Waals surface area contributed by atoms with E-state index in [1.807, 2.05) is 65.2 Å². The van der Waals surface area contributed by atoms with Crippen molar-refractivity contribution in [3.63, 3.8) is 0 Å². The fourth-order valence-corrected chi connectivity index (χ4v) is 7.02. The van der Waals surface area contributed by atoms with Crippen molar-refractivity contribution in [3.8, 4) is 22.4 Å². The zero-order valence-corrected chi connectivity index (χ0v) is 40.2. The van der Waals surface area contributed by atoms with Gasteiger partial charge in [0, 0.05) is 28.3 Å². The van der Waals surface area contributed by atoms with Crippen molar-refractivity contribution in [2.75, 3.05) is 6.61 Å². The highest BCUT2D eigenvalue weighted by Gasteiger charge is 2.55. The van der Waals surface area contributed by atoms with Gasteiger partial charge in [-0.2, -0.15) is 5.10 Å². The summed E-state index contributed by atoms with van der Waals surface area (Å²) in [5, 5.41) is 8.61. The lowest BCUT2D eigenvalue weighted by Crippen LogP contribution is -2.67. The van der Waals surface area contributed by atoms with Crippen LogP contribution in [0.25, 0.3) is 27.9 Å². The Bertz CT molecular complexity index is 2350. The third kappa shape index (κ3) is 11.9. The molecule has 1 saturated heterocycles. The Kier molecular flexibility index (Phi) is 15.1. The second-order valence-electron chi connectivity index (χ2n) is 20.4. The summed E-state index contributed by atoms with van der Waals surface area (Å²) in [6, 6.07) is 21.3. The highest BCUT2D eigenvalue weighted by atomic mass is 35.5. The number of aromatic nitrogens is 2. The van der Waals surface area contributed by atoms with Crippen LogP contribution in [0.4, 0.5) is 0 Å². The molecule has 0 bridgehead atoms. The van der Waals surface area contributed by atoms with Gasteiger partial charge in [0.15, 0.2) is 24.5 Å². The SMILES string of the molecule is CCc1ccc2c(-c3cccc(Cl)c3)c(CCC(=O)N[C@@H]3O[C@H](COC(=O)C(C)(C)C)[C@@H](OC(=O)C(C)(C)C)[C@H](OC(=O)C(C)(C)C)[C@H]3OC(=O)C(C)(C)C)c(-c3ccccc3)nn12. The molecule has 0 aliphatic carbocycles. The van der Waals surface area contributed by atoms with Crippen LogP contribution >= 0.6 is 11.6 Å².